The fourth-order valence-corrected chi connectivity index (χ4v) is 3.16. The van der Waals surface area contributed by atoms with Crippen LogP contribution in [0.3, 0.4) is 0 Å². The molecule has 1 aliphatic rings. The van der Waals surface area contributed by atoms with Crippen LogP contribution in [0.25, 0.3) is 11.9 Å². The van der Waals surface area contributed by atoms with Gasteiger partial charge in [-0.25, -0.2) is 13.5 Å². The summed E-state index contributed by atoms with van der Waals surface area (Å²) < 4.78 is 28.1. The molecule has 4 rings (SSSR count). The maximum absolute atomic E-state index is 13.3. The van der Waals surface area contributed by atoms with Gasteiger partial charge in [0.25, 0.3) is 0 Å². The number of aryl methyl sites for hydroxylation is 1. The molecule has 0 atom stereocenters. The van der Waals surface area contributed by atoms with Gasteiger partial charge in [-0.1, -0.05) is 17.7 Å². The molecular weight excluding hydrogens is 348 g/mol. The summed E-state index contributed by atoms with van der Waals surface area (Å²) >= 11 is 0. The molecule has 1 saturated heterocycles. The number of anilines is 1. The molecule has 138 valence electrons. The van der Waals surface area contributed by atoms with E-state index in [1.165, 1.54) is 11.6 Å². The zero-order chi connectivity index (χ0) is 18.8. The molecule has 27 heavy (non-hydrogen) atoms. The van der Waals surface area contributed by atoms with Gasteiger partial charge in [0.1, 0.15) is 0 Å². The number of benzene rings is 1. The SMILES string of the molecule is Cc1ccn(-c2ccc(N3CCC(=Cc4ccc(F)c(F)c4)CC3)nn2)n1. The van der Waals surface area contributed by atoms with Crippen molar-refractivity contribution in [1.29, 1.82) is 0 Å². The van der Waals surface area contributed by atoms with Crippen LogP contribution in [-0.2, 0) is 0 Å². The number of rotatable bonds is 3. The van der Waals surface area contributed by atoms with E-state index in [4.69, 9.17) is 0 Å². The Kier molecular flexibility index (Phi) is 4.66. The van der Waals surface area contributed by atoms with E-state index in [9.17, 15) is 8.78 Å². The molecule has 0 bridgehead atoms. The van der Waals surface area contributed by atoms with E-state index in [1.54, 1.807) is 10.7 Å². The van der Waals surface area contributed by atoms with Crippen LogP contribution in [0.4, 0.5) is 14.6 Å². The first-order valence-electron chi connectivity index (χ1n) is 8.84. The largest absolute Gasteiger partial charge is 0.354 e. The van der Waals surface area contributed by atoms with Crippen molar-refractivity contribution in [2.45, 2.75) is 19.8 Å². The molecule has 1 aliphatic heterocycles. The van der Waals surface area contributed by atoms with Gasteiger partial charge in [-0.15, -0.1) is 10.2 Å². The van der Waals surface area contributed by atoms with Crippen molar-refractivity contribution in [2.24, 2.45) is 0 Å². The zero-order valence-electron chi connectivity index (χ0n) is 14.9. The summed E-state index contributed by atoms with van der Waals surface area (Å²) in [6.45, 7) is 3.55. The monoisotopic (exact) mass is 367 g/mol. The number of hydrogen-bond donors (Lipinski definition) is 0. The highest BCUT2D eigenvalue weighted by Gasteiger charge is 2.16. The molecule has 0 unspecified atom stereocenters. The van der Waals surface area contributed by atoms with Crippen LogP contribution in [0.5, 0.6) is 0 Å². The highest BCUT2D eigenvalue weighted by Crippen LogP contribution is 2.23. The molecule has 1 aromatic carbocycles. The maximum Gasteiger partial charge on any atom is 0.175 e. The summed E-state index contributed by atoms with van der Waals surface area (Å²) in [7, 11) is 0. The topological polar surface area (TPSA) is 46.8 Å². The fraction of sp³-hybridized carbons (Fsp3) is 0.250. The lowest BCUT2D eigenvalue weighted by atomic mass is 10.0. The lowest BCUT2D eigenvalue weighted by Gasteiger charge is -2.29. The van der Waals surface area contributed by atoms with Gasteiger partial charge in [0.05, 0.1) is 5.69 Å². The minimum Gasteiger partial charge on any atom is -0.354 e. The second-order valence-electron chi connectivity index (χ2n) is 6.61. The van der Waals surface area contributed by atoms with Crippen LogP contribution in [0.2, 0.25) is 0 Å². The second kappa shape index (κ2) is 7.26. The van der Waals surface area contributed by atoms with Crippen molar-refractivity contribution in [3.63, 3.8) is 0 Å². The number of hydrogen-bond acceptors (Lipinski definition) is 4. The van der Waals surface area contributed by atoms with Gasteiger partial charge in [0.2, 0.25) is 0 Å². The van der Waals surface area contributed by atoms with Gasteiger partial charge in [0, 0.05) is 19.3 Å². The predicted molar refractivity (Wildman–Crippen MR) is 99.7 cm³/mol. The number of piperidine rings is 1. The van der Waals surface area contributed by atoms with Crippen LogP contribution in [-0.4, -0.2) is 33.1 Å². The number of halogens is 2. The second-order valence-corrected chi connectivity index (χ2v) is 6.61. The average molecular weight is 367 g/mol. The summed E-state index contributed by atoms with van der Waals surface area (Å²) in [6, 6.07) is 9.76. The summed E-state index contributed by atoms with van der Waals surface area (Å²) in [5.74, 6) is -0.124. The minimum absolute atomic E-state index is 0.683. The van der Waals surface area contributed by atoms with E-state index in [-0.39, 0.29) is 0 Å². The molecule has 3 aromatic rings. The minimum atomic E-state index is -0.820. The van der Waals surface area contributed by atoms with E-state index < -0.39 is 11.6 Å². The molecule has 0 saturated carbocycles. The molecule has 7 heteroatoms. The maximum atomic E-state index is 13.3. The Labute approximate surface area is 156 Å². The van der Waals surface area contributed by atoms with E-state index in [2.05, 4.69) is 20.2 Å². The normalized spacial score (nSPS) is 14.5. The standard InChI is InChI=1S/C20H19F2N5/c1-14-6-11-27(25-14)20-5-4-19(23-24-20)26-9-7-15(8-10-26)12-16-2-3-17(21)18(22)13-16/h2-6,11-13H,7-10H2,1H3. The van der Waals surface area contributed by atoms with Crippen molar-refractivity contribution in [2.75, 3.05) is 18.0 Å². The molecule has 5 nitrogen and oxygen atoms in total. The molecule has 0 radical (unpaired) electrons. The molecule has 0 N–H and O–H groups in total. The van der Waals surface area contributed by atoms with Gasteiger partial charge < -0.3 is 4.90 Å². The van der Waals surface area contributed by atoms with Crippen molar-refractivity contribution in [3.05, 3.63) is 71.1 Å². The molecule has 2 aromatic heterocycles. The van der Waals surface area contributed by atoms with Crippen molar-refractivity contribution in [1.82, 2.24) is 20.0 Å². The van der Waals surface area contributed by atoms with Crippen LogP contribution >= 0.6 is 0 Å². The Bertz CT molecular complexity index is 968. The summed E-state index contributed by atoms with van der Waals surface area (Å²) in [5, 5.41) is 12.9. The molecule has 3 heterocycles. The van der Waals surface area contributed by atoms with Crippen molar-refractivity contribution in [3.8, 4) is 5.82 Å². The van der Waals surface area contributed by atoms with Crippen molar-refractivity contribution < 1.29 is 8.78 Å². The third kappa shape index (κ3) is 3.86. The van der Waals surface area contributed by atoms with E-state index in [0.29, 0.717) is 11.4 Å². The Morgan fingerprint density at radius 3 is 2.30 bits per heavy atom. The van der Waals surface area contributed by atoms with Crippen LogP contribution < -0.4 is 4.90 Å². The smallest absolute Gasteiger partial charge is 0.175 e. The summed E-state index contributed by atoms with van der Waals surface area (Å²) in [6.07, 6.45) is 5.49. The number of aromatic nitrogens is 4. The van der Waals surface area contributed by atoms with E-state index >= 15 is 0 Å². The Morgan fingerprint density at radius 2 is 1.67 bits per heavy atom. The van der Waals surface area contributed by atoms with Crippen LogP contribution in [0.1, 0.15) is 24.1 Å². The first-order chi connectivity index (χ1) is 13.1. The molecule has 1 fully saturated rings. The highest BCUT2D eigenvalue weighted by molar-refractivity contribution is 5.54. The number of nitrogens with zero attached hydrogens (tertiary/aromatic N) is 5. The van der Waals surface area contributed by atoms with Crippen LogP contribution in [0.15, 0.2) is 48.2 Å². The fourth-order valence-electron chi connectivity index (χ4n) is 3.16. The quantitative estimate of drug-likeness (QED) is 0.704. The van der Waals surface area contributed by atoms with Crippen molar-refractivity contribution >= 4 is 11.9 Å². The molecular formula is C20H19F2N5. The molecule has 0 spiro atoms. The first-order valence-corrected chi connectivity index (χ1v) is 8.84. The van der Waals surface area contributed by atoms with Gasteiger partial charge in [0.15, 0.2) is 23.3 Å². The Balaban J connectivity index is 1.41. The molecule has 0 amide bonds. The summed E-state index contributed by atoms with van der Waals surface area (Å²) in [5.41, 5.74) is 2.84. The van der Waals surface area contributed by atoms with E-state index in [1.807, 2.05) is 37.4 Å². The van der Waals surface area contributed by atoms with Gasteiger partial charge in [-0.3, -0.25) is 0 Å². The summed E-state index contributed by atoms with van der Waals surface area (Å²) in [4.78, 5) is 2.17. The lowest BCUT2D eigenvalue weighted by molar-refractivity contribution is 0.508. The predicted octanol–water partition coefficient (Wildman–Crippen LogP) is 3.93. The Morgan fingerprint density at radius 1 is 0.926 bits per heavy atom. The van der Waals surface area contributed by atoms with Gasteiger partial charge in [-0.05, 0) is 55.7 Å². The lowest BCUT2D eigenvalue weighted by Crippen LogP contribution is -2.31. The van der Waals surface area contributed by atoms with E-state index in [0.717, 1.165) is 43.5 Å². The van der Waals surface area contributed by atoms with Gasteiger partial charge in [-0.2, -0.15) is 5.10 Å². The van der Waals surface area contributed by atoms with Gasteiger partial charge >= 0.3 is 0 Å². The average Bonchev–Trinajstić information content (AvgIpc) is 3.12. The van der Waals surface area contributed by atoms with Crippen LogP contribution in [0, 0.1) is 18.6 Å². The molecule has 0 aliphatic carbocycles. The first kappa shape index (κ1) is 17.3. The highest BCUT2D eigenvalue weighted by atomic mass is 19.2. The Hall–Kier alpha value is -3.09. The third-order valence-corrected chi connectivity index (χ3v) is 4.64. The zero-order valence-corrected chi connectivity index (χ0v) is 14.9. The third-order valence-electron chi connectivity index (χ3n) is 4.64.